The highest BCUT2D eigenvalue weighted by molar-refractivity contribution is 6.30. The molecule has 2 N–H and O–H groups in total. The molecule has 5 heteroatoms. The molecule has 4 nitrogen and oxygen atoms in total. The Balaban J connectivity index is 2.52. The molecule has 0 saturated heterocycles. The Kier molecular flexibility index (Phi) is 6.20. The number of ether oxygens (including phenoxy) is 2. The van der Waals surface area contributed by atoms with E-state index in [0.717, 1.165) is 0 Å². The Hall–Kier alpha value is -1.70. The van der Waals surface area contributed by atoms with Crippen LogP contribution in [0.3, 0.4) is 0 Å². The Morgan fingerprint density at radius 3 is 2.95 bits per heavy atom. The van der Waals surface area contributed by atoms with Gasteiger partial charge >= 0.3 is 5.97 Å². The van der Waals surface area contributed by atoms with Crippen LogP contribution in [0.4, 0.5) is 5.69 Å². The third-order valence-electron chi connectivity index (χ3n) is 2.26. The van der Waals surface area contributed by atoms with Gasteiger partial charge in [-0.1, -0.05) is 23.4 Å². The van der Waals surface area contributed by atoms with Gasteiger partial charge in [-0.3, -0.25) is 0 Å². The fourth-order valence-corrected chi connectivity index (χ4v) is 1.43. The van der Waals surface area contributed by atoms with E-state index in [1.54, 1.807) is 32.0 Å². The van der Waals surface area contributed by atoms with E-state index in [2.05, 4.69) is 11.8 Å². The summed E-state index contributed by atoms with van der Waals surface area (Å²) in [5.74, 6) is 5.23. The number of anilines is 1. The SMILES string of the molecule is CCOC(=O)[C@H](C)OCC#Cc1cc(Cl)ccc1N. The molecule has 0 radical (unpaired) electrons. The molecule has 0 aliphatic carbocycles. The van der Waals surface area contributed by atoms with Crippen LogP contribution in [0.25, 0.3) is 0 Å². The van der Waals surface area contributed by atoms with E-state index in [1.807, 2.05) is 0 Å². The molecule has 19 heavy (non-hydrogen) atoms. The highest BCUT2D eigenvalue weighted by Crippen LogP contribution is 2.16. The third-order valence-corrected chi connectivity index (χ3v) is 2.50. The average Bonchev–Trinajstić information content (AvgIpc) is 2.38. The maximum Gasteiger partial charge on any atom is 0.334 e. The number of esters is 1. The molecule has 0 spiro atoms. The molecular weight excluding hydrogens is 266 g/mol. The molecule has 0 unspecified atom stereocenters. The Labute approximate surface area is 117 Å². The van der Waals surface area contributed by atoms with Gasteiger partial charge in [0.25, 0.3) is 0 Å². The molecule has 0 aliphatic heterocycles. The second kappa shape index (κ2) is 7.67. The van der Waals surface area contributed by atoms with Crippen LogP contribution in [0.5, 0.6) is 0 Å². The minimum absolute atomic E-state index is 0.117. The average molecular weight is 282 g/mol. The van der Waals surface area contributed by atoms with E-state index >= 15 is 0 Å². The molecule has 0 saturated carbocycles. The van der Waals surface area contributed by atoms with Gasteiger partial charge in [-0.15, -0.1) is 0 Å². The summed E-state index contributed by atoms with van der Waals surface area (Å²) in [5, 5.41) is 0.569. The second-order valence-corrected chi connectivity index (χ2v) is 4.18. The molecule has 102 valence electrons. The van der Waals surface area contributed by atoms with Crippen molar-refractivity contribution >= 4 is 23.3 Å². The van der Waals surface area contributed by atoms with Crippen LogP contribution in [0.2, 0.25) is 5.02 Å². The van der Waals surface area contributed by atoms with Gasteiger partial charge in [0, 0.05) is 16.3 Å². The van der Waals surface area contributed by atoms with Gasteiger partial charge in [-0.05, 0) is 32.0 Å². The van der Waals surface area contributed by atoms with Gasteiger partial charge < -0.3 is 15.2 Å². The first-order chi connectivity index (χ1) is 9.04. The number of hydrogen-bond acceptors (Lipinski definition) is 4. The Bertz CT molecular complexity index is 505. The summed E-state index contributed by atoms with van der Waals surface area (Å²) >= 11 is 5.84. The van der Waals surface area contributed by atoms with Gasteiger partial charge in [-0.25, -0.2) is 4.79 Å². The number of carbonyl (C=O) groups is 1. The van der Waals surface area contributed by atoms with Crippen LogP contribution in [0.1, 0.15) is 19.4 Å². The van der Waals surface area contributed by atoms with Crippen molar-refractivity contribution in [1.29, 1.82) is 0 Å². The molecule has 0 aliphatic rings. The van der Waals surface area contributed by atoms with Crippen LogP contribution in [-0.2, 0) is 14.3 Å². The van der Waals surface area contributed by atoms with Crippen molar-refractivity contribution in [3.8, 4) is 11.8 Å². The highest BCUT2D eigenvalue weighted by atomic mass is 35.5. The maximum atomic E-state index is 11.3. The van der Waals surface area contributed by atoms with E-state index in [1.165, 1.54) is 0 Å². The van der Waals surface area contributed by atoms with Gasteiger partial charge in [0.2, 0.25) is 0 Å². The second-order valence-electron chi connectivity index (χ2n) is 3.74. The van der Waals surface area contributed by atoms with Crippen molar-refractivity contribution < 1.29 is 14.3 Å². The summed E-state index contributed by atoms with van der Waals surface area (Å²) < 4.78 is 10.0. The minimum atomic E-state index is -0.633. The number of carbonyl (C=O) groups excluding carboxylic acids is 1. The van der Waals surface area contributed by atoms with Crippen molar-refractivity contribution in [2.45, 2.75) is 20.0 Å². The zero-order chi connectivity index (χ0) is 14.3. The first-order valence-corrected chi connectivity index (χ1v) is 6.24. The summed E-state index contributed by atoms with van der Waals surface area (Å²) in [4.78, 5) is 11.3. The first-order valence-electron chi connectivity index (χ1n) is 5.86. The summed E-state index contributed by atoms with van der Waals surface area (Å²) in [6, 6.07) is 5.06. The van der Waals surface area contributed by atoms with Gasteiger partial charge in [-0.2, -0.15) is 0 Å². The molecular formula is C14H16ClNO3. The summed E-state index contributed by atoms with van der Waals surface area (Å²) in [6.45, 7) is 3.81. The lowest BCUT2D eigenvalue weighted by Gasteiger charge is -2.08. The standard InChI is InChI=1S/C14H16ClNO3/c1-3-18-14(17)10(2)19-8-4-5-11-9-12(15)6-7-13(11)16/h6-7,9-10H,3,8,16H2,1-2H3/t10-/m0/s1. The molecule has 0 aromatic heterocycles. The topological polar surface area (TPSA) is 61.5 Å². The zero-order valence-corrected chi connectivity index (χ0v) is 11.7. The Morgan fingerprint density at radius 2 is 2.26 bits per heavy atom. The quantitative estimate of drug-likeness (QED) is 0.522. The maximum absolute atomic E-state index is 11.3. The predicted octanol–water partition coefficient (Wildman–Crippen LogP) is 2.24. The molecule has 0 fully saturated rings. The number of halogens is 1. The molecule has 1 aromatic carbocycles. The smallest absolute Gasteiger partial charge is 0.334 e. The van der Waals surface area contributed by atoms with Gasteiger partial charge in [0.05, 0.1) is 6.61 Å². The van der Waals surface area contributed by atoms with E-state index in [9.17, 15) is 4.79 Å². The van der Waals surface area contributed by atoms with Crippen molar-refractivity contribution in [3.05, 3.63) is 28.8 Å². The minimum Gasteiger partial charge on any atom is -0.464 e. The number of rotatable bonds is 4. The molecule has 0 bridgehead atoms. The monoisotopic (exact) mass is 281 g/mol. The molecule has 0 heterocycles. The lowest BCUT2D eigenvalue weighted by molar-refractivity contribution is -0.154. The van der Waals surface area contributed by atoms with Gasteiger partial charge in [0.1, 0.15) is 6.61 Å². The highest BCUT2D eigenvalue weighted by Gasteiger charge is 2.12. The van der Waals surface area contributed by atoms with Crippen LogP contribution < -0.4 is 5.73 Å². The number of benzene rings is 1. The van der Waals surface area contributed by atoms with E-state index in [4.69, 9.17) is 26.8 Å². The van der Waals surface area contributed by atoms with Crippen molar-refractivity contribution in [2.24, 2.45) is 0 Å². The zero-order valence-electron chi connectivity index (χ0n) is 10.9. The van der Waals surface area contributed by atoms with Crippen LogP contribution in [0, 0.1) is 11.8 Å². The Morgan fingerprint density at radius 1 is 1.53 bits per heavy atom. The molecule has 1 aromatic rings. The molecule has 0 amide bonds. The third kappa shape index (κ3) is 5.21. The van der Waals surface area contributed by atoms with E-state index in [0.29, 0.717) is 22.9 Å². The fraction of sp³-hybridized carbons (Fsp3) is 0.357. The molecule has 1 rings (SSSR count). The van der Waals surface area contributed by atoms with Gasteiger partial charge in [0.15, 0.2) is 6.10 Å². The molecule has 1 atom stereocenters. The van der Waals surface area contributed by atoms with Crippen LogP contribution in [0.15, 0.2) is 18.2 Å². The number of nitrogens with two attached hydrogens (primary N) is 1. The van der Waals surface area contributed by atoms with Crippen LogP contribution >= 0.6 is 11.6 Å². The lowest BCUT2D eigenvalue weighted by Crippen LogP contribution is -2.23. The number of hydrogen-bond donors (Lipinski definition) is 1. The van der Waals surface area contributed by atoms with Crippen molar-refractivity contribution in [2.75, 3.05) is 18.9 Å². The normalized spacial score (nSPS) is 11.3. The van der Waals surface area contributed by atoms with E-state index < -0.39 is 12.1 Å². The lowest BCUT2D eigenvalue weighted by atomic mass is 10.2. The summed E-state index contributed by atoms with van der Waals surface area (Å²) in [7, 11) is 0. The fourth-order valence-electron chi connectivity index (χ4n) is 1.26. The number of nitrogen functional groups attached to an aromatic ring is 1. The van der Waals surface area contributed by atoms with Crippen molar-refractivity contribution in [3.63, 3.8) is 0 Å². The van der Waals surface area contributed by atoms with Crippen molar-refractivity contribution in [1.82, 2.24) is 0 Å². The largest absolute Gasteiger partial charge is 0.464 e. The summed E-state index contributed by atoms with van der Waals surface area (Å²) in [5.41, 5.74) is 6.93. The first kappa shape index (κ1) is 15.4. The van der Waals surface area contributed by atoms with E-state index in [-0.39, 0.29) is 6.61 Å². The summed E-state index contributed by atoms with van der Waals surface area (Å²) in [6.07, 6.45) is -0.633. The van der Waals surface area contributed by atoms with Crippen LogP contribution in [-0.4, -0.2) is 25.3 Å². The predicted molar refractivity (Wildman–Crippen MR) is 74.8 cm³/mol.